The van der Waals surface area contributed by atoms with Crippen LogP contribution in [-0.2, 0) is 41.4 Å². The van der Waals surface area contributed by atoms with E-state index in [4.69, 9.17) is 18.9 Å². The third-order valence-corrected chi connectivity index (χ3v) is 8.59. The van der Waals surface area contributed by atoms with Crippen molar-refractivity contribution in [3.63, 3.8) is 0 Å². The van der Waals surface area contributed by atoms with Gasteiger partial charge in [0.2, 0.25) is 0 Å². The molecule has 12 heteroatoms. The SMILES string of the molecule is O=C(CSCCCc1ccc(O)c(O)c1)O[C@H]1COC2C1OC[C@H]2OC(=O)CSCCCc1ccc(O)c(O)c1. The zero-order chi connectivity index (χ0) is 28.5. The summed E-state index contributed by atoms with van der Waals surface area (Å²) >= 11 is 2.91. The average molecular weight is 595 g/mol. The predicted molar refractivity (Wildman–Crippen MR) is 150 cm³/mol. The molecule has 4 N–H and O–H groups in total. The van der Waals surface area contributed by atoms with Crippen LogP contribution in [0, 0.1) is 0 Å². The highest BCUT2D eigenvalue weighted by atomic mass is 32.2. The van der Waals surface area contributed by atoms with Crippen molar-refractivity contribution < 1.29 is 49.0 Å². The topological polar surface area (TPSA) is 152 Å². The van der Waals surface area contributed by atoms with Gasteiger partial charge < -0.3 is 39.4 Å². The van der Waals surface area contributed by atoms with Crippen LogP contribution in [-0.4, -0.2) is 93.0 Å². The van der Waals surface area contributed by atoms with E-state index in [1.165, 1.54) is 47.8 Å². The van der Waals surface area contributed by atoms with Crippen LogP contribution in [0.5, 0.6) is 23.0 Å². The Morgan fingerprint density at radius 3 is 1.52 bits per heavy atom. The van der Waals surface area contributed by atoms with Crippen LogP contribution in [0.1, 0.15) is 24.0 Å². The van der Waals surface area contributed by atoms with Gasteiger partial charge in [-0.1, -0.05) is 12.1 Å². The number of phenols is 4. The summed E-state index contributed by atoms with van der Waals surface area (Å²) < 4.78 is 22.6. The first kappa shape index (κ1) is 30.2. The van der Waals surface area contributed by atoms with Crippen molar-refractivity contribution in [3.8, 4) is 23.0 Å². The molecule has 0 aromatic heterocycles. The van der Waals surface area contributed by atoms with Gasteiger partial charge in [0, 0.05) is 0 Å². The monoisotopic (exact) mass is 594 g/mol. The lowest BCUT2D eigenvalue weighted by molar-refractivity contribution is -0.151. The Hall–Kier alpha value is -2.80. The van der Waals surface area contributed by atoms with Crippen LogP contribution >= 0.6 is 23.5 Å². The summed E-state index contributed by atoms with van der Waals surface area (Å²) in [4.78, 5) is 24.7. The maximum atomic E-state index is 12.3. The normalized spacial score (nSPS) is 21.7. The molecule has 0 bridgehead atoms. The van der Waals surface area contributed by atoms with Gasteiger partial charge >= 0.3 is 11.9 Å². The number of rotatable bonds is 14. The summed E-state index contributed by atoms with van der Waals surface area (Å²) in [7, 11) is 0. The van der Waals surface area contributed by atoms with Gasteiger partial charge in [0.05, 0.1) is 24.7 Å². The van der Waals surface area contributed by atoms with Gasteiger partial charge in [0.15, 0.2) is 35.2 Å². The maximum absolute atomic E-state index is 12.3. The van der Waals surface area contributed by atoms with Crippen LogP contribution in [0.25, 0.3) is 0 Å². The zero-order valence-corrected chi connectivity index (χ0v) is 23.5. The van der Waals surface area contributed by atoms with Crippen LogP contribution in [0.2, 0.25) is 0 Å². The highest BCUT2D eigenvalue weighted by Gasteiger charge is 2.51. The molecule has 2 aliphatic heterocycles. The lowest BCUT2D eigenvalue weighted by Crippen LogP contribution is -2.36. The molecule has 0 radical (unpaired) electrons. The minimum Gasteiger partial charge on any atom is -0.504 e. The van der Waals surface area contributed by atoms with Crippen molar-refractivity contribution in [3.05, 3.63) is 47.5 Å². The van der Waals surface area contributed by atoms with Gasteiger partial charge in [-0.15, -0.1) is 0 Å². The van der Waals surface area contributed by atoms with E-state index < -0.39 is 24.4 Å². The van der Waals surface area contributed by atoms with Crippen LogP contribution < -0.4 is 0 Å². The van der Waals surface area contributed by atoms with Gasteiger partial charge in [-0.2, -0.15) is 23.5 Å². The van der Waals surface area contributed by atoms with Gasteiger partial charge in [0.25, 0.3) is 0 Å². The molecular weight excluding hydrogens is 560 g/mol. The van der Waals surface area contributed by atoms with Crippen LogP contribution in [0.3, 0.4) is 0 Å². The molecule has 2 fully saturated rings. The smallest absolute Gasteiger partial charge is 0.316 e. The number of hydrogen-bond acceptors (Lipinski definition) is 12. The molecule has 2 aliphatic rings. The minimum absolute atomic E-state index is 0.142. The van der Waals surface area contributed by atoms with E-state index in [2.05, 4.69) is 0 Å². The zero-order valence-electron chi connectivity index (χ0n) is 21.9. The maximum Gasteiger partial charge on any atom is 0.316 e. The lowest BCUT2D eigenvalue weighted by Gasteiger charge is -2.17. The fourth-order valence-corrected chi connectivity index (χ4v) is 6.01. The fraction of sp³-hybridized carbons (Fsp3) is 0.500. The van der Waals surface area contributed by atoms with E-state index in [0.29, 0.717) is 12.8 Å². The van der Waals surface area contributed by atoms with Crippen molar-refractivity contribution in [1.29, 1.82) is 0 Å². The Labute approximate surface area is 241 Å². The quantitative estimate of drug-likeness (QED) is 0.144. The molecule has 10 nitrogen and oxygen atoms in total. The minimum atomic E-state index is -0.546. The van der Waals surface area contributed by atoms with Crippen LogP contribution in [0.15, 0.2) is 36.4 Å². The highest BCUT2D eigenvalue weighted by molar-refractivity contribution is 8.00. The molecule has 2 unspecified atom stereocenters. The van der Waals surface area contributed by atoms with E-state index in [9.17, 15) is 30.0 Å². The summed E-state index contributed by atoms with van der Waals surface area (Å²) in [5.41, 5.74) is 1.82. The molecule has 0 spiro atoms. The molecule has 2 aromatic rings. The van der Waals surface area contributed by atoms with Crippen molar-refractivity contribution in [1.82, 2.24) is 0 Å². The molecule has 218 valence electrons. The second-order valence-corrected chi connectivity index (χ2v) is 11.8. The van der Waals surface area contributed by atoms with Gasteiger partial charge in [-0.3, -0.25) is 9.59 Å². The molecular formula is C28H34O10S2. The first-order chi connectivity index (χ1) is 19.3. The molecule has 0 aliphatic carbocycles. The van der Waals surface area contributed by atoms with Gasteiger partial charge in [-0.25, -0.2) is 0 Å². The Bertz CT molecular complexity index is 1070. The molecule has 0 saturated carbocycles. The number of benzene rings is 2. The first-order valence-electron chi connectivity index (χ1n) is 13.1. The first-order valence-corrected chi connectivity index (χ1v) is 15.4. The van der Waals surface area contributed by atoms with Crippen molar-refractivity contribution in [2.75, 3.05) is 36.2 Å². The number of esters is 2. The Balaban J connectivity index is 1.07. The predicted octanol–water partition coefficient (Wildman–Crippen LogP) is 3.16. The number of aryl methyl sites for hydroxylation is 2. The molecule has 40 heavy (non-hydrogen) atoms. The van der Waals surface area contributed by atoms with Crippen molar-refractivity contribution >= 4 is 35.5 Å². The molecule has 2 saturated heterocycles. The Kier molecular flexibility index (Phi) is 11.1. The number of aromatic hydroxyl groups is 4. The molecule has 2 aromatic carbocycles. The van der Waals surface area contributed by atoms with E-state index in [1.54, 1.807) is 12.1 Å². The second-order valence-electron chi connectivity index (χ2n) is 9.61. The summed E-state index contributed by atoms with van der Waals surface area (Å²) in [5, 5.41) is 37.9. The van der Waals surface area contributed by atoms with E-state index in [1.807, 2.05) is 0 Å². The number of thioether (sulfide) groups is 2. The van der Waals surface area contributed by atoms with E-state index >= 15 is 0 Å². The van der Waals surface area contributed by atoms with Crippen LogP contribution in [0.4, 0.5) is 0 Å². The molecule has 2 heterocycles. The van der Waals surface area contributed by atoms with Crippen molar-refractivity contribution in [2.45, 2.75) is 50.1 Å². The summed E-state index contributed by atoms with van der Waals surface area (Å²) in [6, 6.07) is 9.49. The third kappa shape index (κ3) is 8.60. The summed E-state index contributed by atoms with van der Waals surface area (Å²) in [6.07, 6.45) is 1.01. The number of carbonyl (C=O) groups excluding carboxylic acids is 2. The number of carbonyl (C=O) groups is 2. The summed E-state index contributed by atoms with van der Waals surface area (Å²) in [5.74, 6) is 0.561. The number of phenolic OH excluding ortho intramolecular Hbond substituents is 4. The Morgan fingerprint density at radius 2 is 1.12 bits per heavy atom. The van der Waals surface area contributed by atoms with Gasteiger partial charge in [-0.05, 0) is 72.6 Å². The number of hydrogen-bond donors (Lipinski definition) is 4. The summed E-state index contributed by atoms with van der Waals surface area (Å²) in [6.45, 7) is 0.372. The fourth-order valence-electron chi connectivity index (χ4n) is 4.55. The van der Waals surface area contributed by atoms with Crippen molar-refractivity contribution in [2.24, 2.45) is 0 Å². The van der Waals surface area contributed by atoms with E-state index in [-0.39, 0.29) is 59.7 Å². The van der Waals surface area contributed by atoms with Gasteiger partial charge in [0.1, 0.15) is 12.2 Å². The number of ether oxygens (including phenoxy) is 4. The largest absolute Gasteiger partial charge is 0.504 e. The molecule has 4 atom stereocenters. The molecule has 0 amide bonds. The van der Waals surface area contributed by atoms with E-state index in [0.717, 1.165) is 35.5 Å². The highest BCUT2D eigenvalue weighted by Crippen LogP contribution is 2.31. The second kappa shape index (κ2) is 14.7. The molecule has 4 rings (SSSR count). The lowest BCUT2D eigenvalue weighted by atomic mass is 10.1. The Morgan fingerprint density at radius 1 is 0.700 bits per heavy atom. The standard InChI is InChI=1S/C28H34O10S2/c29-19-7-5-17(11-21(19)31)3-1-9-39-15-25(33)37-23-13-35-28-24(14-36-27(23)28)38-26(34)16-40-10-2-4-18-6-8-20(30)22(32)12-18/h5-8,11-12,23-24,27-32H,1-4,9-10,13-16H2/t23-,24+,27?,28?. The third-order valence-electron chi connectivity index (χ3n) is 6.56. The average Bonchev–Trinajstić information content (AvgIpc) is 3.51. The number of fused-ring (bicyclic) bond motifs is 1.